The molecule has 0 aliphatic carbocycles. The van der Waals surface area contributed by atoms with E-state index in [-0.39, 0.29) is 11.8 Å². The van der Waals surface area contributed by atoms with E-state index in [1.807, 2.05) is 0 Å². The van der Waals surface area contributed by atoms with Crippen LogP contribution < -0.4 is 16.4 Å². The van der Waals surface area contributed by atoms with Crippen molar-refractivity contribution in [2.75, 3.05) is 23.4 Å². The molecular weight excluding hydrogens is 301 g/mol. The fourth-order valence-corrected chi connectivity index (χ4v) is 1.63. The highest BCUT2D eigenvalue weighted by Gasteiger charge is 2.04. The first-order valence-electron chi connectivity index (χ1n) is 5.13. The predicted molar refractivity (Wildman–Crippen MR) is 73.4 cm³/mol. The van der Waals surface area contributed by atoms with Gasteiger partial charge in [-0.3, -0.25) is 0 Å². The number of anilines is 4. The molecular formula is C11H11BrFN5. The summed E-state index contributed by atoms with van der Waals surface area (Å²) in [5.74, 6) is 0.869. The Balaban J connectivity index is 2.27. The van der Waals surface area contributed by atoms with Gasteiger partial charge in [0.15, 0.2) is 0 Å². The molecule has 0 spiro atoms. The van der Waals surface area contributed by atoms with Crippen molar-refractivity contribution in [2.24, 2.45) is 0 Å². The van der Waals surface area contributed by atoms with Crippen LogP contribution in [0.25, 0.3) is 0 Å². The molecule has 0 fully saturated rings. The summed E-state index contributed by atoms with van der Waals surface area (Å²) in [6.07, 6.45) is 0. The van der Waals surface area contributed by atoms with Gasteiger partial charge in [0.05, 0.1) is 4.47 Å². The van der Waals surface area contributed by atoms with Gasteiger partial charge < -0.3 is 16.4 Å². The lowest BCUT2D eigenvalue weighted by Crippen LogP contribution is -2.03. The molecule has 1 heterocycles. The van der Waals surface area contributed by atoms with Crippen LogP contribution in [0.5, 0.6) is 0 Å². The summed E-state index contributed by atoms with van der Waals surface area (Å²) in [7, 11) is 1.73. The standard InChI is InChI=1S/C11H11BrFN5/c1-15-9-5-10(18-11(14)17-9)16-6-2-3-7(12)8(13)4-6/h2-5H,1H3,(H4,14,15,16,17,18). The molecule has 0 saturated heterocycles. The highest BCUT2D eigenvalue weighted by molar-refractivity contribution is 9.10. The summed E-state index contributed by atoms with van der Waals surface area (Å²) < 4.78 is 13.8. The molecule has 0 amide bonds. The monoisotopic (exact) mass is 311 g/mol. The summed E-state index contributed by atoms with van der Waals surface area (Å²) in [4.78, 5) is 7.97. The molecule has 4 N–H and O–H groups in total. The van der Waals surface area contributed by atoms with Crippen molar-refractivity contribution in [3.05, 3.63) is 34.6 Å². The number of nitrogen functional groups attached to an aromatic ring is 1. The number of aromatic nitrogens is 2. The Hall–Kier alpha value is -1.89. The van der Waals surface area contributed by atoms with Crippen molar-refractivity contribution >= 4 is 39.2 Å². The van der Waals surface area contributed by atoms with Crippen molar-refractivity contribution in [1.82, 2.24) is 9.97 Å². The first kappa shape index (κ1) is 12.6. The number of hydrogen-bond donors (Lipinski definition) is 3. The Morgan fingerprint density at radius 3 is 2.61 bits per heavy atom. The second-order valence-electron chi connectivity index (χ2n) is 3.50. The molecule has 94 valence electrons. The molecule has 0 saturated carbocycles. The number of rotatable bonds is 3. The lowest BCUT2D eigenvalue weighted by atomic mass is 10.3. The molecule has 2 aromatic rings. The number of benzene rings is 1. The van der Waals surface area contributed by atoms with Gasteiger partial charge in [0.1, 0.15) is 17.5 Å². The third kappa shape index (κ3) is 2.86. The predicted octanol–water partition coefficient (Wildman–Crippen LogP) is 2.75. The molecule has 0 aliphatic rings. The molecule has 18 heavy (non-hydrogen) atoms. The number of hydrogen-bond acceptors (Lipinski definition) is 5. The molecule has 0 atom stereocenters. The molecule has 0 unspecified atom stereocenters. The Morgan fingerprint density at radius 2 is 1.94 bits per heavy atom. The molecule has 7 heteroatoms. The zero-order chi connectivity index (χ0) is 13.1. The lowest BCUT2D eigenvalue weighted by Gasteiger charge is -2.08. The van der Waals surface area contributed by atoms with Gasteiger partial charge in [0.25, 0.3) is 0 Å². The average molecular weight is 312 g/mol. The molecule has 1 aromatic carbocycles. The van der Waals surface area contributed by atoms with Crippen LogP contribution in [0.4, 0.5) is 27.7 Å². The minimum atomic E-state index is -0.351. The normalized spacial score (nSPS) is 10.2. The number of nitrogens with two attached hydrogens (primary N) is 1. The van der Waals surface area contributed by atoms with Crippen molar-refractivity contribution in [1.29, 1.82) is 0 Å². The number of nitrogens with one attached hydrogen (secondary N) is 2. The maximum atomic E-state index is 13.4. The van der Waals surface area contributed by atoms with Gasteiger partial charge in [-0.05, 0) is 34.1 Å². The smallest absolute Gasteiger partial charge is 0.223 e. The van der Waals surface area contributed by atoms with Crippen molar-refractivity contribution in [2.45, 2.75) is 0 Å². The highest BCUT2D eigenvalue weighted by atomic mass is 79.9. The Morgan fingerprint density at radius 1 is 1.22 bits per heavy atom. The van der Waals surface area contributed by atoms with Gasteiger partial charge in [-0.1, -0.05) is 0 Å². The van der Waals surface area contributed by atoms with Crippen LogP contribution in [-0.2, 0) is 0 Å². The molecule has 0 bridgehead atoms. The lowest BCUT2D eigenvalue weighted by molar-refractivity contribution is 0.622. The average Bonchev–Trinajstić information content (AvgIpc) is 2.33. The van der Waals surface area contributed by atoms with Crippen LogP contribution >= 0.6 is 15.9 Å². The maximum absolute atomic E-state index is 13.4. The molecule has 0 aliphatic heterocycles. The third-order valence-electron chi connectivity index (χ3n) is 2.19. The van der Waals surface area contributed by atoms with Gasteiger partial charge in [0.2, 0.25) is 5.95 Å². The molecule has 0 radical (unpaired) electrons. The Bertz CT molecular complexity index is 575. The maximum Gasteiger partial charge on any atom is 0.223 e. The Labute approximate surface area is 112 Å². The third-order valence-corrected chi connectivity index (χ3v) is 2.83. The van der Waals surface area contributed by atoms with E-state index in [1.165, 1.54) is 6.07 Å². The molecule has 5 nitrogen and oxygen atoms in total. The van der Waals surface area contributed by atoms with Crippen molar-refractivity contribution in [3.8, 4) is 0 Å². The van der Waals surface area contributed by atoms with E-state index in [0.717, 1.165) is 0 Å². The van der Waals surface area contributed by atoms with Gasteiger partial charge in [-0.2, -0.15) is 9.97 Å². The van der Waals surface area contributed by atoms with E-state index >= 15 is 0 Å². The van der Waals surface area contributed by atoms with E-state index in [1.54, 1.807) is 25.2 Å². The Kier molecular flexibility index (Phi) is 3.61. The fraction of sp³-hybridized carbons (Fsp3) is 0.0909. The quantitative estimate of drug-likeness (QED) is 0.812. The second-order valence-corrected chi connectivity index (χ2v) is 4.35. The van der Waals surface area contributed by atoms with Crippen LogP contribution in [0.1, 0.15) is 0 Å². The zero-order valence-corrected chi connectivity index (χ0v) is 11.1. The summed E-state index contributed by atoms with van der Waals surface area (Å²) in [5.41, 5.74) is 6.14. The number of halogens is 2. The first-order valence-corrected chi connectivity index (χ1v) is 5.92. The van der Waals surface area contributed by atoms with Gasteiger partial charge >= 0.3 is 0 Å². The molecule has 1 aromatic heterocycles. The number of nitrogens with zero attached hydrogens (tertiary/aromatic N) is 2. The van der Waals surface area contributed by atoms with Gasteiger partial charge in [-0.25, -0.2) is 4.39 Å². The van der Waals surface area contributed by atoms with Crippen molar-refractivity contribution < 1.29 is 4.39 Å². The van der Waals surface area contributed by atoms with Crippen LogP contribution in [0.3, 0.4) is 0 Å². The van der Waals surface area contributed by atoms with E-state index in [0.29, 0.717) is 21.8 Å². The van der Waals surface area contributed by atoms with Crippen LogP contribution in [0, 0.1) is 5.82 Å². The zero-order valence-electron chi connectivity index (χ0n) is 9.54. The highest BCUT2D eigenvalue weighted by Crippen LogP contribution is 2.22. The van der Waals surface area contributed by atoms with Gasteiger partial charge in [-0.15, -0.1) is 0 Å². The SMILES string of the molecule is CNc1cc(Nc2ccc(Br)c(F)c2)nc(N)n1. The van der Waals surface area contributed by atoms with E-state index in [4.69, 9.17) is 5.73 Å². The van der Waals surface area contributed by atoms with E-state index in [2.05, 4.69) is 36.5 Å². The summed E-state index contributed by atoms with van der Waals surface area (Å²) in [6.45, 7) is 0. The van der Waals surface area contributed by atoms with Crippen LogP contribution in [-0.4, -0.2) is 17.0 Å². The van der Waals surface area contributed by atoms with E-state index < -0.39 is 0 Å². The second kappa shape index (κ2) is 5.18. The summed E-state index contributed by atoms with van der Waals surface area (Å²) in [6, 6.07) is 6.38. The largest absolute Gasteiger partial charge is 0.373 e. The minimum Gasteiger partial charge on any atom is -0.373 e. The van der Waals surface area contributed by atoms with Crippen LogP contribution in [0.2, 0.25) is 0 Å². The van der Waals surface area contributed by atoms with Crippen molar-refractivity contribution in [3.63, 3.8) is 0 Å². The van der Waals surface area contributed by atoms with Crippen LogP contribution in [0.15, 0.2) is 28.7 Å². The van der Waals surface area contributed by atoms with E-state index in [9.17, 15) is 4.39 Å². The molecule has 2 rings (SSSR count). The summed E-state index contributed by atoms with van der Waals surface area (Å²) in [5, 5.41) is 5.82. The summed E-state index contributed by atoms with van der Waals surface area (Å²) >= 11 is 3.09. The first-order chi connectivity index (χ1) is 8.58. The fourth-order valence-electron chi connectivity index (χ4n) is 1.38. The minimum absolute atomic E-state index is 0.141. The topological polar surface area (TPSA) is 75.9 Å². The van der Waals surface area contributed by atoms with Gasteiger partial charge in [0, 0.05) is 18.8 Å².